The Kier molecular flexibility index (Phi) is 4.67. The first-order chi connectivity index (χ1) is 9.66. The molecule has 1 N–H and O–H groups in total. The average molecular weight is 314 g/mol. The Labute approximate surface area is 132 Å². The maximum Gasteiger partial charge on any atom is 0.145 e. The van der Waals surface area contributed by atoms with E-state index in [0.717, 1.165) is 6.42 Å². The van der Waals surface area contributed by atoms with Gasteiger partial charge in [-0.15, -0.1) is 0 Å². The number of likely N-dealkylation sites (N-methyl/N-ethyl adjacent to an activating group) is 1. The van der Waals surface area contributed by atoms with Gasteiger partial charge in [0.15, 0.2) is 0 Å². The van der Waals surface area contributed by atoms with Gasteiger partial charge < -0.3 is 10.1 Å². The molecule has 1 heterocycles. The molecule has 2 atom stereocenters. The van der Waals surface area contributed by atoms with Gasteiger partial charge in [-0.3, -0.25) is 0 Å². The van der Waals surface area contributed by atoms with Crippen molar-refractivity contribution >= 4 is 11.6 Å². The number of nitrogens with one attached hydrogen (secondary N) is 1. The summed E-state index contributed by atoms with van der Waals surface area (Å²) in [5.41, 5.74) is 0.282. The van der Waals surface area contributed by atoms with Gasteiger partial charge in [-0.2, -0.15) is 0 Å². The molecule has 1 aromatic carbocycles. The predicted molar refractivity (Wildman–Crippen MR) is 85.3 cm³/mol. The third kappa shape index (κ3) is 3.58. The molecule has 2 unspecified atom stereocenters. The topological polar surface area (TPSA) is 21.3 Å². The highest BCUT2D eigenvalue weighted by atomic mass is 35.5. The summed E-state index contributed by atoms with van der Waals surface area (Å²) in [6.07, 6.45) is 1.56. The van der Waals surface area contributed by atoms with Crippen LogP contribution >= 0.6 is 11.6 Å². The van der Waals surface area contributed by atoms with Gasteiger partial charge in [0.1, 0.15) is 5.82 Å². The predicted octanol–water partition coefficient (Wildman–Crippen LogP) is 4.20. The van der Waals surface area contributed by atoms with Gasteiger partial charge in [-0.05, 0) is 59.2 Å². The van der Waals surface area contributed by atoms with Gasteiger partial charge in [-0.25, -0.2) is 4.39 Å². The van der Waals surface area contributed by atoms with E-state index in [1.807, 2.05) is 7.05 Å². The van der Waals surface area contributed by atoms with Crippen LogP contribution in [0.25, 0.3) is 0 Å². The average Bonchev–Trinajstić information content (AvgIpc) is 2.59. The van der Waals surface area contributed by atoms with Crippen molar-refractivity contribution in [3.8, 4) is 0 Å². The first-order valence-electron chi connectivity index (χ1n) is 7.46. The van der Waals surface area contributed by atoms with Crippen LogP contribution in [0.5, 0.6) is 0 Å². The van der Waals surface area contributed by atoms with E-state index >= 15 is 0 Å². The molecule has 1 fully saturated rings. The second-order valence-electron chi connectivity index (χ2n) is 7.09. The zero-order valence-electron chi connectivity index (χ0n) is 13.5. The lowest BCUT2D eigenvalue weighted by atomic mass is 9.79. The standard InChI is InChI=1S/C17H25ClFNO/c1-16(2)10-12(17(3,4)21-16)14(20-5)9-11-7-6-8-13(18)15(11)19/h6-8,12,14,20H,9-10H2,1-5H3. The zero-order valence-corrected chi connectivity index (χ0v) is 14.2. The van der Waals surface area contributed by atoms with Crippen molar-refractivity contribution in [3.63, 3.8) is 0 Å². The summed E-state index contributed by atoms with van der Waals surface area (Å²) in [5.74, 6) is 0.00581. The molecule has 21 heavy (non-hydrogen) atoms. The van der Waals surface area contributed by atoms with Crippen molar-refractivity contribution in [2.75, 3.05) is 7.05 Å². The van der Waals surface area contributed by atoms with Crippen LogP contribution in [-0.2, 0) is 11.2 Å². The van der Waals surface area contributed by atoms with Gasteiger partial charge >= 0.3 is 0 Å². The Hall–Kier alpha value is -0.640. The number of hydrogen-bond donors (Lipinski definition) is 1. The first kappa shape index (κ1) is 16.7. The third-order valence-electron chi connectivity index (χ3n) is 4.47. The highest BCUT2D eigenvalue weighted by Crippen LogP contribution is 2.44. The van der Waals surface area contributed by atoms with Crippen LogP contribution in [0.1, 0.15) is 39.7 Å². The quantitative estimate of drug-likeness (QED) is 0.899. The first-order valence-corrected chi connectivity index (χ1v) is 7.84. The fraction of sp³-hybridized carbons (Fsp3) is 0.647. The SMILES string of the molecule is CNC(Cc1cccc(Cl)c1F)C1CC(C)(C)OC1(C)C. The Bertz CT molecular complexity index is 516. The number of rotatable bonds is 4. The largest absolute Gasteiger partial charge is 0.369 e. The molecule has 118 valence electrons. The van der Waals surface area contributed by atoms with Crippen LogP contribution in [0.15, 0.2) is 18.2 Å². The van der Waals surface area contributed by atoms with Crippen molar-refractivity contribution in [3.05, 3.63) is 34.6 Å². The Morgan fingerprint density at radius 1 is 1.38 bits per heavy atom. The maximum absolute atomic E-state index is 14.1. The van der Waals surface area contributed by atoms with E-state index in [1.165, 1.54) is 0 Å². The van der Waals surface area contributed by atoms with Crippen LogP contribution in [-0.4, -0.2) is 24.3 Å². The summed E-state index contributed by atoms with van der Waals surface area (Å²) in [6, 6.07) is 5.34. The Morgan fingerprint density at radius 3 is 2.57 bits per heavy atom. The lowest BCUT2D eigenvalue weighted by Crippen LogP contribution is -2.44. The monoisotopic (exact) mass is 313 g/mol. The summed E-state index contributed by atoms with van der Waals surface area (Å²) in [6.45, 7) is 8.46. The van der Waals surface area contributed by atoms with E-state index in [-0.39, 0.29) is 28.1 Å². The maximum atomic E-state index is 14.1. The van der Waals surface area contributed by atoms with Crippen molar-refractivity contribution in [1.82, 2.24) is 5.32 Å². The van der Waals surface area contributed by atoms with Gasteiger partial charge in [0.25, 0.3) is 0 Å². The molecular weight excluding hydrogens is 289 g/mol. The highest BCUT2D eigenvalue weighted by molar-refractivity contribution is 6.30. The molecule has 0 radical (unpaired) electrons. The summed E-state index contributed by atoms with van der Waals surface area (Å²) in [7, 11) is 1.93. The van der Waals surface area contributed by atoms with Gasteiger partial charge in [0, 0.05) is 12.0 Å². The zero-order chi connectivity index (χ0) is 15.8. The normalized spacial score (nSPS) is 25.0. The molecular formula is C17H25ClFNO. The Balaban J connectivity index is 2.23. The minimum Gasteiger partial charge on any atom is -0.369 e. The fourth-order valence-corrected chi connectivity index (χ4v) is 3.81. The van der Waals surface area contributed by atoms with Crippen molar-refractivity contribution < 1.29 is 9.13 Å². The molecule has 0 amide bonds. The molecule has 0 aliphatic carbocycles. The lowest BCUT2D eigenvalue weighted by molar-refractivity contribution is -0.0774. The number of ether oxygens (including phenoxy) is 1. The second kappa shape index (κ2) is 5.86. The molecule has 1 aliphatic rings. The van der Waals surface area contributed by atoms with Gasteiger partial charge in [0.2, 0.25) is 0 Å². The van der Waals surface area contributed by atoms with Crippen molar-refractivity contribution in [1.29, 1.82) is 0 Å². The van der Waals surface area contributed by atoms with E-state index in [1.54, 1.807) is 18.2 Å². The number of benzene rings is 1. The van der Waals surface area contributed by atoms with Gasteiger partial charge in [-0.1, -0.05) is 23.7 Å². The minimum atomic E-state index is -0.310. The fourth-order valence-electron chi connectivity index (χ4n) is 3.62. The minimum absolute atomic E-state index is 0.143. The summed E-state index contributed by atoms with van der Waals surface area (Å²) < 4.78 is 20.3. The molecule has 0 aromatic heterocycles. The van der Waals surface area contributed by atoms with E-state index in [2.05, 4.69) is 33.0 Å². The lowest BCUT2D eigenvalue weighted by Gasteiger charge is -2.33. The molecule has 1 saturated heterocycles. The van der Waals surface area contributed by atoms with Crippen LogP contribution in [0.3, 0.4) is 0 Å². The molecule has 4 heteroatoms. The number of hydrogen-bond acceptors (Lipinski definition) is 2. The highest BCUT2D eigenvalue weighted by Gasteiger charge is 2.48. The second-order valence-corrected chi connectivity index (χ2v) is 7.50. The molecule has 1 aliphatic heterocycles. The molecule has 0 saturated carbocycles. The molecule has 0 spiro atoms. The molecule has 1 aromatic rings. The van der Waals surface area contributed by atoms with Gasteiger partial charge in [0.05, 0.1) is 16.2 Å². The van der Waals surface area contributed by atoms with E-state index in [0.29, 0.717) is 17.9 Å². The van der Waals surface area contributed by atoms with Crippen molar-refractivity contribution in [2.24, 2.45) is 5.92 Å². The Morgan fingerprint density at radius 2 is 2.05 bits per heavy atom. The van der Waals surface area contributed by atoms with E-state index in [9.17, 15) is 4.39 Å². The molecule has 2 rings (SSSR count). The van der Waals surface area contributed by atoms with E-state index < -0.39 is 0 Å². The van der Waals surface area contributed by atoms with E-state index in [4.69, 9.17) is 16.3 Å². The molecule has 2 nitrogen and oxygen atoms in total. The smallest absolute Gasteiger partial charge is 0.145 e. The van der Waals surface area contributed by atoms with Crippen LogP contribution in [0, 0.1) is 11.7 Å². The third-order valence-corrected chi connectivity index (χ3v) is 4.76. The molecule has 0 bridgehead atoms. The summed E-state index contributed by atoms with van der Waals surface area (Å²) >= 11 is 5.88. The van der Waals surface area contributed by atoms with Crippen LogP contribution in [0.4, 0.5) is 4.39 Å². The number of halogens is 2. The summed E-state index contributed by atoms with van der Waals surface area (Å²) in [4.78, 5) is 0. The van der Waals surface area contributed by atoms with Crippen LogP contribution in [0.2, 0.25) is 5.02 Å². The summed E-state index contributed by atoms with van der Waals surface area (Å²) in [5, 5.41) is 3.53. The van der Waals surface area contributed by atoms with Crippen LogP contribution < -0.4 is 5.32 Å². The van der Waals surface area contributed by atoms with Crippen molar-refractivity contribution in [2.45, 2.75) is 57.8 Å².